The Morgan fingerprint density at radius 2 is 1.82 bits per heavy atom. The van der Waals surface area contributed by atoms with E-state index < -0.39 is 11.9 Å². The van der Waals surface area contributed by atoms with Crippen LogP contribution in [0.1, 0.15) is 32.4 Å². The van der Waals surface area contributed by atoms with E-state index in [1.807, 2.05) is 24.3 Å². The number of amides is 1. The molecule has 34 heavy (non-hydrogen) atoms. The summed E-state index contributed by atoms with van der Waals surface area (Å²) in [7, 11) is 3.16. The number of aromatic nitrogens is 3. The van der Waals surface area contributed by atoms with Crippen molar-refractivity contribution in [1.29, 1.82) is 0 Å². The minimum Gasteiger partial charge on any atom is -0.497 e. The first kappa shape index (κ1) is 23.2. The molecule has 3 aromatic rings. The molecule has 0 saturated heterocycles. The van der Waals surface area contributed by atoms with Gasteiger partial charge in [0.05, 0.1) is 19.8 Å². The largest absolute Gasteiger partial charge is 0.497 e. The number of hydrogen-bond donors (Lipinski definition) is 2. The molecule has 9 heteroatoms. The molecule has 0 saturated carbocycles. The Balaban J connectivity index is 1.81. The maximum atomic E-state index is 12.5. The molecule has 1 amide bonds. The molecule has 0 radical (unpaired) electrons. The number of benzene rings is 2. The second-order valence-electron chi connectivity index (χ2n) is 7.96. The van der Waals surface area contributed by atoms with Crippen molar-refractivity contribution >= 4 is 17.5 Å². The van der Waals surface area contributed by atoms with Gasteiger partial charge in [0, 0.05) is 41.7 Å². The van der Waals surface area contributed by atoms with Crippen molar-refractivity contribution in [3.63, 3.8) is 0 Å². The number of nitrogens with two attached hydrogens (primary N) is 1. The Labute approximate surface area is 199 Å². The van der Waals surface area contributed by atoms with Crippen LogP contribution in [0.15, 0.2) is 53.7 Å². The Morgan fingerprint density at radius 1 is 1.12 bits per heavy atom. The van der Waals surface area contributed by atoms with Gasteiger partial charge in [0.25, 0.3) is 0 Å². The van der Waals surface area contributed by atoms with Crippen LogP contribution in [0.25, 0.3) is 11.4 Å². The van der Waals surface area contributed by atoms with E-state index in [9.17, 15) is 4.79 Å². The Kier molecular flexibility index (Phi) is 6.45. The highest BCUT2D eigenvalue weighted by Gasteiger charge is 2.35. The lowest BCUT2D eigenvalue weighted by atomic mass is 9.94. The fraction of sp³-hybridized carbons (Fsp3) is 0.320. The van der Waals surface area contributed by atoms with Crippen LogP contribution in [0, 0.1) is 0 Å². The number of rotatable bonds is 8. The van der Waals surface area contributed by atoms with Gasteiger partial charge in [0.1, 0.15) is 17.5 Å². The zero-order valence-corrected chi connectivity index (χ0v) is 20.1. The Morgan fingerprint density at radius 3 is 2.41 bits per heavy atom. The fourth-order valence-electron chi connectivity index (χ4n) is 4.33. The second kappa shape index (κ2) is 9.46. The number of carbonyl (C=O) groups is 1. The number of fused-ring (bicyclic) bond motifs is 1. The molecule has 0 bridgehead atoms. The number of anilines is 2. The van der Waals surface area contributed by atoms with Gasteiger partial charge in [-0.25, -0.2) is 4.68 Å². The van der Waals surface area contributed by atoms with E-state index in [2.05, 4.69) is 36.2 Å². The smallest absolute Gasteiger partial charge is 0.248 e. The van der Waals surface area contributed by atoms with Gasteiger partial charge < -0.3 is 25.4 Å². The van der Waals surface area contributed by atoms with Gasteiger partial charge in [0.15, 0.2) is 5.82 Å². The summed E-state index contributed by atoms with van der Waals surface area (Å²) in [5.41, 5.74) is 9.57. The van der Waals surface area contributed by atoms with E-state index in [0.717, 1.165) is 29.9 Å². The molecule has 0 spiro atoms. The van der Waals surface area contributed by atoms with E-state index in [4.69, 9.17) is 25.3 Å². The standard InChI is InChI=1S/C25H30N6O3/c1-6-30(7-2)17-10-8-16(9-11-17)24-28-25-27-15(3)21(23(26)32)22(31(25)29-24)19-13-12-18(33-4)14-20(19)34-5/h8-14,22H,6-7H2,1-5H3,(H2,26,32)(H,27,28,29). The van der Waals surface area contributed by atoms with Crippen molar-refractivity contribution < 1.29 is 14.3 Å². The van der Waals surface area contributed by atoms with Crippen LogP contribution in [-0.2, 0) is 4.79 Å². The zero-order valence-electron chi connectivity index (χ0n) is 20.1. The molecule has 1 aliphatic heterocycles. The SMILES string of the molecule is CCN(CC)c1ccc(-c2nc3n(n2)C(c2ccc(OC)cc2OC)C(C(N)=O)=C(C)N3)cc1. The summed E-state index contributed by atoms with van der Waals surface area (Å²) in [5, 5.41) is 7.96. The van der Waals surface area contributed by atoms with Gasteiger partial charge in [-0.05, 0) is 57.2 Å². The third-order valence-electron chi connectivity index (χ3n) is 6.11. The lowest BCUT2D eigenvalue weighted by Gasteiger charge is -2.28. The van der Waals surface area contributed by atoms with Crippen molar-refractivity contribution in [1.82, 2.24) is 14.8 Å². The fourth-order valence-corrected chi connectivity index (χ4v) is 4.33. The maximum Gasteiger partial charge on any atom is 0.248 e. The molecular formula is C25H30N6O3. The van der Waals surface area contributed by atoms with Crippen molar-refractivity contribution in [2.24, 2.45) is 5.73 Å². The minimum absolute atomic E-state index is 0.393. The highest BCUT2D eigenvalue weighted by atomic mass is 16.5. The molecule has 0 fully saturated rings. The molecule has 1 atom stereocenters. The van der Waals surface area contributed by atoms with Crippen LogP contribution in [-0.4, -0.2) is 48.0 Å². The van der Waals surface area contributed by atoms with Crippen LogP contribution in [0.4, 0.5) is 11.6 Å². The third kappa shape index (κ3) is 4.05. The van der Waals surface area contributed by atoms with E-state index in [0.29, 0.717) is 34.5 Å². The topological polar surface area (TPSA) is 108 Å². The van der Waals surface area contributed by atoms with Gasteiger partial charge in [-0.15, -0.1) is 5.10 Å². The number of primary amides is 1. The summed E-state index contributed by atoms with van der Waals surface area (Å²) < 4.78 is 12.6. The maximum absolute atomic E-state index is 12.5. The quantitative estimate of drug-likeness (QED) is 0.527. The number of nitrogens with zero attached hydrogens (tertiary/aromatic N) is 4. The molecule has 3 N–H and O–H groups in total. The van der Waals surface area contributed by atoms with E-state index in [-0.39, 0.29) is 0 Å². The average Bonchev–Trinajstić information content (AvgIpc) is 3.27. The molecule has 1 aromatic heterocycles. The third-order valence-corrected chi connectivity index (χ3v) is 6.11. The minimum atomic E-state index is -0.606. The average molecular weight is 463 g/mol. The predicted octanol–water partition coefficient (Wildman–Crippen LogP) is 3.58. The summed E-state index contributed by atoms with van der Waals surface area (Å²) in [6.07, 6.45) is 0. The Hall–Kier alpha value is -4.01. The van der Waals surface area contributed by atoms with E-state index in [1.54, 1.807) is 31.9 Å². The number of allylic oxidation sites excluding steroid dienone is 1. The number of hydrogen-bond acceptors (Lipinski definition) is 7. The molecule has 178 valence electrons. The monoisotopic (exact) mass is 462 g/mol. The van der Waals surface area contributed by atoms with Crippen LogP contribution < -0.4 is 25.4 Å². The normalized spacial score (nSPS) is 14.9. The predicted molar refractivity (Wildman–Crippen MR) is 132 cm³/mol. The van der Waals surface area contributed by atoms with Crippen LogP contribution in [0.2, 0.25) is 0 Å². The summed E-state index contributed by atoms with van der Waals surface area (Å²) >= 11 is 0. The van der Waals surface area contributed by atoms with Crippen molar-refractivity contribution in [3.8, 4) is 22.9 Å². The summed E-state index contributed by atoms with van der Waals surface area (Å²) in [6.45, 7) is 7.94. The summed E-state index contributed by atoms with van der Waals surface area (Å²) in [4.78, 5) is 19.5. The summed E-state index contributed by atoms with van der Waals surface area (Å²) in [6, 6.07) is 13.0. The van der Waals surface area contributed by atoms with Crippen molar-refractivity contribution in [2.75, 3.05) is 37.5 Å². The van der Waals surface area contributed by atoms with Crippen LogP contribution in [0.5, 0.6) is 11.5 Å². The molecular weight excluding hydrogens is 432 g/mol. The first-order chi connectivity index (χ1) is 16.4. The first-order valence-corrected chi connectivity index (χ1v) is 11.2. The second-order valence-corrected chi connectivity index (χ2v) is 7.96. The van der Waals surface area contributed by atoms with Crippen molar-refractivity contribution in [2.45, 2.75) is 26.8 Å². The molecule has 2 heterocycles. The molecule has 9 nitrogen and oxygen atoms in total. The number of methoxy groups -OCH3 is 2. The lowest BCUT2D eigenvalue weighted by Crippen LogP contribution is -2.32. The van der Waals surface area contributed by atoms with Gasteiger partial charge in [-0.1, -0.05) is 0 Å². The Bertz CT molecular complexity index is 1230. The first-order valence-electron chi connectivity index (χ1n) is 11.2. The zero-order chi connectivity index (χ0) is 24.4. The highest BCUT2D eigenvalue weighted by molar-refractivity contribution is 5.95. The molecule has 4 rings (SSSR count). The van der Waals surface area contributed by atoms with E-state index in [1.165, 1.54) is 0 Å². The number of nitrogens with one attached hydrogen (secondary N) is 1. The number of carbonyl (C=O) groups excluding carboxylic acids is 1. The molecule has 1 unspecified atom stereocenters. The van der Waals surface area contributed by atoms with Gasteiger partial charge in [-0.3, -0.25) is 4.79 Å². The van der Waals surface area contributed by atoms with E-state index >= 15 is 0 Å². The van der Waals surface area contributed by atoms with Crippen LogP contribution in [0.3, 0.4) is 0 Å². The van der Waals surface area contributed by atoms with Gasteiger partial charge in [-0.2, -0.15) is 4.98 Å². The lowest BCUT2D eigenvalue weighted by molar-refractivity contribution is -0.115. The molecule has 0 aliphatic carbocycles. The summed E-state index contributed by atoms with van der Waals surface area (Å²) in [5.74, 6) is 1.73. The molecule has 1 aliphatic rings. The molecule has 2 aromatic carbocycles. The number of ether oxygens (including phenoxy) is 2. The van der Waals surface area contributed by atoms with Crippen LogP contribution >= 0.6 is 0 Å². The van der Waals surface area contributed by atoms with Crippen molar-refractivity contribution in [3.05, 3.63) is 59.3 Å². The highest BCUT2D eigenvalue weighted by Crippen LogP contribution is 2.40. The van der Waals surface area contributed by atoms with Gasteiger partial charge >= 0.3 is 0 Å². The van der Waals surface area contributed by atoms with Gasteiger partial charge in [0.2, 0.25) is 11.9 Å².